The topological polar surface area (TPSA) is 32.3 Å². The fraction of sp³-hybridized carbons (Fsp3) is 0.833. The molecule has 1 N–H and O–H groups in total. The van der Waals surface area contributed by atoms with E-state index in [0.717, 1.165) is 6.54 Å². The Bertz CT molecular complexity index is 106. The second kappa shape index (κ2) is 5.56. The molecular weight excluding hydrogens is 148 g/mol. The summed E-state index contributed by atoms with van der Waals surface area (Å²) in [5, 5.41) is 0. The second-order valence-corrected chi connectivity index (χ2v) is 2.83. The summed E-state index contributed by atoms with van der Waals surface area (Å²) in [6.07, 6.45) is 2.52. The molecule has 0 saturated carbocycles. The maximum Gasteiger partial charge on any atom is 0.223 e. The first-order valence-corrected chi connectivity index (χ1v) is 4.37. The molecule has 3 nitrogen and oxygen atoms in total. The lowest BCUT2D eigenvalue weighted by Gasteiger charge is -2.09. The molecule has 0 radical (unpaired) electrons. The smallest absolute Gasteiger partial charge is 0.223 e. The van der Waals surface area contributed by atoms with Crippen LogP contribution >= 0.6 is 11.9 Å². The first kappa shape index (κ1) is 9.78. The largest absolute Gasteiger partial charge is 0.349 e. The van der Waals surface area contributed by atoms with Crippen molar-refractivity contribution in [2.45, 2.75) is 6.42 Å². The summed E-state index contributed by atoms with van der Waals surface area (Å²) in [4.78, 5) is 12.5. The Morgan fingerprint density at radius 1 is 1.60 bits per heavy atom. The fourth-order valence-electron chi connectivity index (χ4n) is 0.484. The number of carbonyl (C=O) groups is 1. The third kappa shape index (κ3) is 4.64. The first-order valence-electron chi connectivity index (χ1n) is 3.14. The average Bonchev–Trinajstić information content (AvgIpc) is 1.88. The third-order valence-electron chi connectivity index (χ3n) is 1.08. The van der Waals surface area contributed by atoms with Crippen molar-refractivity contribution in [1.29, 1.82) is 0 Å². The predicted molar refractivity (Wildman–Crippen MR) is 44.8 cm³/mol. The number of carbonyl (C=O) groups excluding carboxylic acids is 1. The Balaban J connectivity index is 3.22. The quantitative estimate of drug-likeness (QED) is 0.477. The van der Waals surface area contributed by atoms with Crippen LogP contribution in [0, 0.1) is 0 Å². The molecule has 0 saturated heterocycles. The number of hydrogen-bond acceptors (Lipinski definition) is 3. The van der Waals surface area contributed by atoms with Gasteiger partial charge in [0, 0.05) is 27.1 Å². The molecule has 10 heavy (non-hydrogen) atoms. The summed E-state index contributed by atoms with van der Waals surface area (Å²) < 4.78 is 3.00. The summed E-state index contributed by atoms with van der Waals surface area (Å²) >= 11 is 1.53. The molecule has 0 fully saturated rings. The molecule has 0 atom stereocenters. The van der Waals surface area contributed by atoms with E-state index in [1.54, 1.807) is 19.0 Å². The van der Waals surface area contributed by atoms with Gasteiger partial charge in [-0.25, -0.2) is 0 Å². The second-order valence-electron chi connectivity index (χ2n) is 2.14. The standard InChI is InChI=1S/C6H14N2OS/c1-8(2)6(9)4-5-7-10-3/h7H,4-5H2,1-3H3. The lowest BCUT2D eigenvalue weighted by atomic mass is 10.4. The van der Waals surface area contributed by atoms with Crippen LogP contribution in [0.25, 0.3) is 0 Å². The monoisotopic (exact) mass is 162 g/mol. The van der Waals surface area contributed by atoms with Crippen LogP contribution in [0.3, 0.4) is 0 Å². The maximum absolute atomic E-state index is 10.9. The molecule has 0 aliphatic rings. The van der Waals surface area contributed by atoms with Gasteiger partial charge in [-0.1, -0.05) is 11.9 Å². The Kier molecular flexibility index (Phi) is 5.43. The zero-order valence-electron chi connectivity index (χ0n) is 6.68. The van der Waals surface area contributed by atoms with E-state index in [1.165, 1.54) is 11.9 Å². The molecule has 0 aromatic carbocycles. The highest BCUT2D eigenvalue weighted by molar-refractivity contribution is 7.96. The summed E-state index contributed by atoms with van der Waals surface area (Å²) in [7, 11) is 3.53. The highest BCUT2D eigenvalue weighted by Crippen LogP contribution is 1.87. The summed E-state index contributed by atoms with van der Waals surface area (Å²) in [6, 6.07) is 0. The van der Waals surface area contributed by atoms with Crippen molar-refractivity contribution in [2.24, 2.45) is 0 Å². The minimum Gasteiger partial charge on any atom is -0.349 e. The summed E-state index contributed by atoms with van der Waals surface area (Å²) in [6.45, 7) is 0.748. The highest BCUT2D eigenvalue weighted by Gasteiger charge is 2.00. The van der Waals surface area contributed by atoms with Gasteiger partial charge in [0.25, 0.3) is 0 Å². The van der Waals surface area contributed by atoms with Gasteiger partial charge in [-0.3, -0.25) is 9.52 Å². The van der Waals surface area contributed by atoms with E-state index in [4.69, 9.17) is 0 Å². The van der Waals surface area contributed by atoms with Crippen molar-refractivity contribution in [3.8, 4) is 0 Å². The third-order valence-corrected chi connectivity index (χ3v) is 1.58. The molecule has 0 bridgehead atoms. The molecule has 0 aromatic heterocycles. The summed E-state index contributed by atoms with van der Waals surface area (Å²) in [5.74, 6) is 0.168. The van der Waals surface area contributed by atoms with Crippen LogP contribution in [0.1, 0.15) is 6.42 Å². The minimum atomic E-state index is 0.168. The van der Waals surface area contributed by atoms with Crippen molar-refractivity contribution < 1.29 is 4.79 Å². The van der Waals surface area contributed by atoms with E-state index in [1.807, 2.05) is 6.26 Å². The van der Waals surface area contributed by atoms with Gasteiger partial charge in [-0.2, -0.15) is 0 Å². The maximum atomic E-state index is 10.9. The molecule has 0 rings (SSSR count). The summed E-state index contributed by atoms with van der Waals surface area (Å²) in [5.41, 5.74) is 0. The van der Waals surface area contributed by atoms with Gasteiger partial charge in [-0.05, 0) is 6.26 Å². The number of rotatable bonds is 4. The van der Waals surface area contributed by atoms with Crippen LogP contribution in [-0.2, 0) is 4.79 Å². The van der Waals surface area contributed by atoms with Crippen LogP contribution in [0.4, 0.5) is 0 Å². The number of nitrogens with zero attached hydrogens (tertiary/aromatic N) is 1. The van der Waals surface area contributed by atoms with E-state index in [-0.39, 0.29) is 5.91 Å². The Morgan fingerprint density at radius 3 is 2.60 bits per heavy atom. The van der Waals surface area contributed by atoms with Gasteiger partial charge >= 0.3 is 0 Å². The molecule has 60 valence electrons. The van der Waals surface area contributed by atoms with Gasteiger partial charge in [0.15, 0.2) is 0 Å². The Hall–Kier alpha value is -0.220. The molecule has 0 aliphatic carbocycles. The molecule has 0 aromatic rings. The van der Waals surface area contributed by atoms with Gasteiger partial charge in [0.1, 0.15) is 0 Å². The zero-order valence-corrected chi connectivity index (χ0v) is 7.49. The average molecular weight is 162 g/mol. The lowest BCUT2D eigenvalue weighted by molar-refractivity contribution is -0.128. The van der Waals surface area contributed by atoms with Gasteiger partial charge in [0.05, 0.1) is 0 Å². The van der Waals surface area contributed by atoms with Crippen molar-refractivity contribution in [2.75, 3.05) is 26.9 Å². The van der Waals surface area contributed by atoms with Crippen LogP contribution in [0.15, 0.2) is 0 Å². The molecule has 1 amide bonds. The molecule has 0 heterocycles. The van der Waals surface area contributed by atoms with Crippen LogP contribution in [0.5, 0.6) is 0 Å². The normalized spacial score (nSPS) is 9.50. The van der Waals surface area contributed by atoms with Crippen LogP contribution in [0.2, 0.25) is 0 Å². The van der Waals surface area contributed by atoms with Crippen molar-refractivity contribution in [3.05, 3.63) is 0 Å². The van der Waals surface area contributed by atoms with Gasteiger partial charge in [-0.15, -0.1) is 0 Å². The van der Waals surface area contributed by atoms with Crippen molar-refractivity contribution >= 4 is 17.9 Å². The minimum absolute atomic E-state index is 0.168. The zero-order chi connectivity index (χ0) is 7.98. The predicted octanol–water partition coefficient (Wildman–Crippen LogP) is 0.332. The van der Waals surface area contributed by atoms with E-state index >= 15 is 0 Å². The first-order chi connectivity index (χ1) is 4.68. The molecule has 0 unspecified atom stereocenters. The number of amides is 1. The van der Waals surface area contributed by atoms with Crippen molar-refractivity contribution in [1.82, 2.24) is 9.62 Å². The highest BCUT2D eigenvalue weighted by atomic mass is 32.2. The Morgan fingerprint density at radius 2 is 2.20 bits per heavy atom. The van der Waals surface area contributed by atoms with Crippen LogP contribution in [-0.4, -0.2) is 37.7 Å². The SMILES string of the molecule is CSNCCC(=O)N(C)C. The van der Waals surface area contributed by atoms with E-state index in [2.05, 4.69) is 4.72 Å². The molecule has 4 heteroatoms. The van der Waals surface area contributed by atoms with E-state index in [9.17, 15) is 4.79 Å². The van der Waals surface area contributed by atoms with Crippen LogP contribution < -0.4 is 4.72 Å². The Labute approximate surface area is 66.3 Å². The number of nitrogens with one attached hydrogen (secondary N) is 1. The molecular formula is C6H14N2OS. The van der Waals surface area contributed by atoms with E-state index in [0.29, 0.717) is 6.42 Å². The number of hydrogen-bond donors (Lipinski definition) is 1. The fourth-order valence-corrected chi connectivity index (χ4v) is 0.790. The lowest BCUT2D eigenvalue weighted by Crippen LogP contribution is -2.24. The molecule has 0 spiro atoms. The van der Waals surface area contributed by atoms with Gasteiger partial charge < -0.3 is 4.90 Å². The van der Waals surface area contributed by atoms with Gasteiger partial charge in [0.2, 0.25) is 5.91 Å². The molecule has 0 aliphatic heterocycles. The van der Waals surface area contributed by atoms with E-state index < -0.39 is 0 Å². The van der Waals surface area contributed by atoms with Crippen molar-refractivity contribution in [3.63, 3.8) is 0 Å².